The second kappa shape index (κ2) is 5.13. The molecule has 1 aromatic heterocycles. The third kappa shape index (κ3) is 2.38. The Morgan fingerprint density at radius 2 is 1.80 bits per heavy atom. The van der Waals surface area contributed by atoms with Crippen molar-refractivity contribution in [2.75, 3.05) is 5.32 Å². The zero-order valence-corrected chi connectivity index (χ0v) is 11.1. The van der Waals surface area contributed by atoms with Crippen LogP contribution in [-0.2, 0) is 0 Å². The van der Waals surface area contributed by atoms with E-state index in [-0.39, 0.29) is 5.91 Å². The molecule has 0 aliphatic carbocycles. The van der Waals surface area contributed by atoms with Gasteiger partial charge in [0.05, 0.1) is 5.56 Å². The van der Waals surface area contributed by atoms with Crippen molar-refractivity contribution in [3.63, 3.8) is 0 Å². The van der Waals surface area contributed by atoms with Crippen molar-refractivity contribution < 1.29 is 4.79 Å². The predicted molar refractivity (Wildman–Crippen MR) is 80.9 cm³/mol. The Kier molecular flexibility index (Phi) is 3.17. The van der Waals surface area contributed by atoms with E-state index in [9.17, 15) is 4.79 Å². The van der Waals surface area contributed by atoms with Gasteiger partial charge in [-0.2, -0.15) is 0 Å². The second-order valence-electron chi connectivity index (χ2n) is 4.67. The molecular formula is C17H14N2O. The number of anilines is 1. The van der Waals surface area contributed by atoms with Crippen LogP contribution in [0.25, 0.3) is 10.8 Å². The number of aromatic nitrogens is 1. The van der Waals surface area contributed by atoms with E-state index in [1.54, 1.807) is 12.3 Å². The van der Waals surface area contributed by atoms with Crippen molar-refractivity contribution in [3.05, 3.63) is 72.1 Å². The number of hydrogen-bond acceptors (Lipinski definition) is 2. The molecule has 3 heteroatoms. The normalized spacial score (nSPS) is 10.4. The summed E-state index contributed by atoms with van der Waals surface area (Å²) in [5.41, 5.74) is 2.27. The summed E-state index contributed by atoms with van der Waals surface area (Å²) < 4.78 is 0. The van der Waals surface area contributed by atoms with Crippen LogP contribution in [0.2, 0.25) is 0 Å². The maximum absolute atomic E-state index is 12.2. The van der Waals surface area contributed by atoms with Crippen LogP contribution in [0, 0.1) is 6.92 Å². The topological polar surface area (TPSA) is 42.0 Å². The first-order valence-electron chi connectivity index (χ1n) is 6.46. The lowest BCUT2D eigenvalue weighted by molar-refractivity contribution is 0.102. The lowest BCUT2D eigenvalue weighted by Gasteiger charge is -2.08. The number of rotatable bonds is 2. The molecule has 0 aliphatic rings. The summed E-state index contributed by atoms with van der Waals surface area (Å²) in [5, 5.41) is 5.08. The van der Waals surface area contributed by atoms with Gasteiger partial charge in [-0.25, -0.2) is 0 Å². The molecule has 98 valence electrons. The number of fused-ring (bicyclic) bond motifs is 1. The molecule has 2 aromatic carbocycles. The van der Waals surface area contributed by atoms with Gasteiger partial charge in [0.2, 0.25) is 0 Å². The Hall–Kier alpha value is -2.68. The van der Waals surface area contributed by atoms with Gasteiger partial charge in [0.1, 0.15) is 0 Å². The molecule has 0 fully saturated rings. The van der Waals surface area contributed by atoms with Crippen LogP contribution in [-0.4, -0.2) is 10.9 Å². The summed E-state index contributed by atoms with van der Waals surface area (Å²) in [5.74, 6) is -0.145. The quantitative estimate of drug-likeness (QED) is 0.763. The Labute approximate surface area is 117 Å². The van der Waals surface area contributed by atoms with Crippen LogP contribution in [0.3, 0.4) is 0 Å². The first kappa shape index (κ1) is 12.4. The van der Waals surface area contributed by atoms with Gasteiger partial charge in [0.25, 0.3) is 5.91 Å². The fourth-order valence-electron chi connectivity index (χ4n) is 2.13. The molecule has 20 heavy (non-hydrogen) atoms. The Balaban J connectivity index is 1.93. The monoisotopic (exact) mass is 262 g/mol. The van der Waals surface area contributed by atoms with Crippen LogP contribution < -0.4 is 5.32 Å². The minimum atomic E-state index is -0.145. The van der Waals surface area contributed by atoms with Crippen molar-refractivity contribution in [1.82, 2.24) is 4.98 Å². The third-order valence-electron chi connectivity index (χ3n) is 3.21. The predicted octanol–water partition coefficient (Wildman–Crippen LogP) is 3.80. The highest BCUT2D eigenvalue weighted by Gasteiger charge is 2.08. The van der Waals surface area contributed by atoms with Gasteiger partial charge >= 0.3 is 0 Å². The van der Waals surface area contributed by atoms with Gasteiger partial charge < -0.3 is 5.32 Å². The molecule has 3 aromatic rings. The van der Waals surface area contributed by atoms with E-state index in [2.05, 4.69) is 10.3 Å². The van der Waals surface area contributed by atoms with Gasteiger partial charge in [-0.05, 0) is 30.5 Å². The van der Waals surface area contributed by atoms with Gasteiger partial charge in [0, 0.05) is 23.0 Å². The molecule has 1 N–H and O–H groups in total. The van der Waals surface area contributed by atoms with Crippen molar-refractivity contribution in [2.45, 2.75) is 6.92 Å². The molecule has 0 bridgehead atoms. The van der Waals surface area contributed by atoms with Crippen LogP contribution >= 0.6 is 0 Å². The van der Waals surface area contributed by atoms with Crippen molar-refractivity contribution >= 4 is 22.4 Å². The number of nitrogens with one attached hydrogen (secondary N) is 1. The molecule has 0 radical (unpaired) electrons. The number of pyridine rings is 1. The fourth-order valence-corrected chi connectivity index (χ4v) is 2.13. The number of hydrogen-bond donors (Lipinski definition) is 1. The summed E-state index contributed by atoms with van der Waals surface area (Å²) in [6, 6.07) is 17.5. The summed E-state index contributed by atoms with van der Waals surface area (Å²) in [6.07, 6.45) is 1.59. The highest BCUT2D eigenvalue weighted by Crippen LogP contribution is 2.23. The zero-order chi connectivity index (χ0) is 13.9. The van der Waals surface area contributed by atoms with Crippen molar-refractivity contribution in [2.24, 2.45) is 0 Å². The SMILES string of the molecule is Cc1ccc(C(=O)Nc2cccc3ccccc23)cn1. The highest BCUT2D eigenvalue weighted by molar-refractivity contribution is 6.08. The first-order chi connectivity index (χ1) is 9.74. The summed E-state index contributed by atoms with van der Waals surface area (Å²) >= 11 is 0. The second-order valence-corrected chi connectivity index (χ2v) is 4.67. The average Bonchev–Trinajstić information content (AvgIpc) is 2.48. The Bertz CT molecular complexity index is 758. The molecule has 1 amide bonds. The van der Waals surface area contributed by atoms with Crippen LogP contribution in [0.15, 0.2) is 60.8 Å². The van der Waals surface area contributed by atoms with Gasteiger partial charge in [-0.15, -0.1) is 0 Å². The van der Waals surface area contributed by atoms with Crippen LogP contribution in [0.5, 0.6) is 0 Å². The van der Waals surface area contributed by atoms with E-state index >= 15 is 0 Å². The molecule has 0 saturated carbocycles. The maximum Gasteiger partial charge on any atom is 0.257 e. The van der Waals surface area contributed by atoms with Crippen LogP contribution in [0.1, 0.15) is 16.1 Å². The smallest absolute Gasteiger partial charge is 0.257 e. The summed E-state index contributed by atoms with van der Waals surface area (Å²) in [6.45, 7) is 1.90. The van der Waals surface area contributed by atoms with E-state index in [0.29, 0.717) is 5.56 Å². The third-order valence-corrected chi connectivity index (χ3v) is 3.21. The van der Waals surface area contributed by atoms with E-state index < -0.39 is 0 Å². The Morgan fingerprint density at radius 3 is 2.60 bits per heavy atom. The first-order valence-corrected chi connectivity index (χ1v) is 6.46. The number of carbonyl (C=O) groups is 1. The summed E-state index contributed by atoms with van der Waals surface area (Å²) in [7, 11) is 0. The van der Waals surface area contributed by atoms with Gasteiger partial charge in [0.15, 0.2) is 0 Å². The molecule has 0 saturated heterocycles. The molecule has 3 rings (SSSR count). The zero-order valence-electron chi connectivity index (χ0n) is 11.1. The molecule has 1 heterocycles. The summed E-state index contributed by atoms with van der Waals surface area (Å²) in [4.78, 5) is 16.4. The van der Waals surface area contributed by atoms with E-state index in [0.717, 1.165) is 22.2 Å². The lowest BCUT2D eigenvalue weighted by atomic mass is 10.1. The minimum Gasteiger partial charge on any atom is -0.321 e. The van der Waals surface area contributed by atoms with E-state index in [1.807, 2.05) is 55.5 Å². The molecular weight excluding hydrogens is 248 g/mol. The number of benzene rings is 2. The Morgan fingerprint density at radius 1 is 1.00 bits per heavy atom. The molecule has 3 nitrogen and oxygen atoms in total. The number of nitrogens with zero attached hydrogens (tertiary/aromatic N) is 1. The van der Waals surface area contributed by atoms with Crippen molar-refractivity contribution in [1.29, 1.82) is 0 Å². The average molecular weight is 262 g/mol. The standard InChI is InChI=1S/C17H14N2O/c1-12-9-10-14(11-18-12)17(20)19-16-8-4-6-13-5-2-3-7-15(13)16/h2-11H,1H3,(H,19,20). The maximum atomic E-state index is 12.2. The van der Waals surface area contributed by atoms with Gasteiger partial charge in [-0.3, -0.25) is 9.78 Å². The van der Waals surface area contributed by atoms with Crippen molar-refractivity contribution in [3.8, 4) is 0 Å². The highest BCUT2D eigenvalue weighted by atomic mass is 16.1. The number of carbonyl (C=O) groups excluding carboxylic acids is 1. The largest absolute Gasteiger partial charge is 0.321 e. The minimum absolute atomic E-state index is 0.145. The lowest BCUT2D eigenvalue weighted by Crippen LogP contribution is -2.12. The molecule has 0 atom stereocenters. The molecule has 0 unspecified atom stereocenters. The fraction of sp³-hybridized carbons (Fsp3) is 0.0588. The number of aryl methyl sites for hydroxylation is 1. The number of amides is 1. The molecule has 0 aliphatic heterocycles. The van der Waals surface area contributed by atoms with Crippen LogP contribution in [0.4, 0.5) is 5.69 Å². The van der Waals surface area contributed by atoms with Gasteiger partial charge in [-0.1, -0.05) is 36.4 Å². The van der Waals surface area contributed by atoms with E-state index in [1.165, 1.54) is 0 Å². The molecule has 0 spiro atoms. The van der Waals surface area contributed by atoms with E-state index in [4.69, 9.17) is 0 Å².